The first-order chi connectivity index (χ1) is 12.1. The molecule has 0 aromatic heterocycles. The summed E-state index contributed by atoms with van der Waals surface area (Å²) in [5, 5.41) is 2.93. The van der Waals surface area contributed by atoms with Gasteiger partial charge in [-0.3, -0.25) is 4.79 Å². The van der Waals surface area contributed by atoms with Crippen LogP contribution in [0.4, 0.5) is 0 Å². The van der Waals surface area contributed by atoms with Crippen LogP contribution in [0.25, 0.3) is 0 Å². The summed E-state index contributed by atoms with van der Waals surface area (Å²) in [4.78, 5) is 15.4. The average molecular weight is 359 g/mol. The van der Waals surface area contributed by atoms with Crippen LogP contribution >= 0.6 is 11.8 Å². The minimum Gasteiger partial charge on any atom is -0.493 e. The van der Waals surface area contributed by atoms with Crippen LogP contribution in [0.1, 0.15) is 16.8 Å². The van der Waals surface area contributed by atoms with Crippen LogP contribution in [-0.2, 0) is 0 Å². The summed E-state index contributed by atoms with van der Waals surface area (Å²) < 4.78 is 5.73. The second kappa shape index (κ2) is 10.8. The van der Waals surface area contributed by atoms with Gasteiger partial charge in [0.25, 0.3) is 5.91 Å². The number of amides is 1. The quantitative estimate of drug-likeness (QED) is 0.521. The molecule has 0 atom stereocenters. The molecule has 134 valence electrons. The summed E-state index contributed by atoms with van der Waals surface area (Å²) in [5.74, 6) is 1.64. The Morgan fingerprint density at radius 2 is 1.80 bits per heavy atom. The first kappa shape index (κ1) is 19.3. The number of carbonyl (C=O) groups excluding carboxylic acids is 1. The Kier molecular flexibility index (Phi) is 8.35. The van der Waals surface area contributed by atoms with Crippen molar-refractivity contribution < 1.29 is 9.53 Å². The summed E-state index contributed by atoms with van der Waals surface area (Å²) in [6, 6.07) is 17.6. The topological polar surface area (TPSA) is 41.6 Å². The Labute approximate surface area is 154 Å². The van der Waals surface area contributed by atoms with Crippen molar-refractivity contribution in [2.75, 3.05) is 39.5 Å². The molecule has 0 heterocycles. The summed E-state index contributed by atoms with van der Waals surface area (Å²) in [7, 11) is 4.05. The van der Waals surface area contributed by atoms with Gasteiger partial charge in [0.15, 0.2) is 0 Å². The SMILES string of the molecule is CN(C)CCCNC(=O)c1ccc(OCCSc2ccccc2)cc1. The van der Waals surface area contributed by atoms with Gasteiger partial charge in [-0.05, 0) is 63.5 Å². The van der Waals surface area contributed by atoms with Crippen molar-refractivity contribution >= 4 is 17.7 Å². The fraction of sp³-hybridized carbons (Fsp3) is 0.350. The maximum Gasteiger partial charge on any atom is 0.251 e. The second-order valence-corrected chi connectivity index (χ2v) is 7.12. The second-order valence-electron chi connectivity index (χ2n) is 5.95. The molecular formula is C20H26N2O2S. The molecule has 1 amide bonds. The smallest absolute Gasteiger partial charge is 0.251 e. The fourth-order valence-electron chi connectivity index (χ4n) is 2.24. The third-order valence-corrected chi connectivity index (χ3v) is 4.52. The lowest BCUT2D eigenvalue weighted by Crippen LogP contribution is -2.27. The molecule has 2 rings (SSSR count). The summed E-state index contributed by atoms with van der Waals surface area (Å²) in [5.41, 5.74) is 0.663. The van der Waals surface area contributed by atoms with Crippen molar-refractivity contribution in [3.63, 3.8) is 0 Å². The van der Waals surface area contributed by atoms with Gasteiger partial charge in [0.2, 0.25) is 0 Å². The van der Waals surface area contributed by atoms with Crippen LogP contribution < -0.4 is 10.1 Å². The van der Waals surface area contributed by atoms with E-state index < -0.39 is 0 Å². The van der Waals surface area contributed by atoms with Gasteiger partial charge in [-0.15, -0.1) is 11.8 Å². The van der Waals surface area contributed by atoms with Crippen molar-refractivity contribution in [1.29, 1.82) is 0 Å². The molecule has 0 bridgehead atoms. The molecule has 0 radical (unpaired) electrons. The highest BCUT2D eigenvalue weighted by Gasteiger charge is 2.05. The molecule has 4 nitrogen and oxygen atoms in total. The van der Waals surface area contributed by atoms with Gasteiger partial charge in [0.05, 0.1) is 6.61 Å². The van der Waals surface area contributed by atoms with E-state index in [-0.39, 0.29) is 5.91 Å². The number of rotatable bonds is 10. The molecule has 1 N–H and O–H groups in total. The molecule has 2 aromatic rings. The van der Waals surface area contributed by atoms with E-state index in [9.17, 15) is 4.79 Å². The Bertz CT molecular complexity index is 630. The zero-order valence-electron chi connectivity index (χ0n) is 14.9. The zero-order valence-corrected chi connectivity index (χ0v) is 15.7. The number of benzene rings is 2. The van der Waals surface area contributed by atoms with Crippen LogP contribution in [0, 0.1) is 0 Å². The predicted molar refractivity (Wildman–Crippen MR) is 105 cm³/mol. The number of hydrogen-bond donors (Lipinski definition) is 1. The molecule has 25 heavy (non-hydrogen) atoms. The van der Waals surface area contributed by atoms with E-state index in [0.717, 1.165) is 24.5 Å². The van der Waals surface area contributed by atoms with E-state index in [1.54, 1.807) is 23.9 Å². The Hall–Kier alpha value is -1.98. The molecular weight excluding hydrogens is 332 g/mol. The molecule has 0 fully saturated rings. The van der Waals surface area contributed by atoms with Crippen LogP contribution in [0.5, 0.6) is 5.75 Å². The molecule has 0 saturated carbocycles. The molecule has 0 aliphatic heterocycles. The number of nitrogens with zero attached hydrogens (tertiary/aromatic N) is 1. The normalized spacial score (nSPS) is 10.7. The fourth-order valence-corrected chi connectivity index (χ4v) is 2.99. The minimum absolute atomic E-state index is 0.0371. The largest absolute Gasteiger partial charge is 0.493 e. The first-order valence-electron chi connectivity index (χ1n) is 8.49. The highest BCUT2D eigenvalue weighted by molar-refractivity contribution is 7.99. The monoisotopic (exact) mass is 358 g/mol. The molecule has 0 saturated heterocycles. The van der Waals surface area contributed by atoms with Crippen LogP contribution in [0.3, 0.4) is 0 Å². The lowest BCUT2D eigenvalue weighted by Gasteiger charge is -2.10. The van der Waals surface area contributed by atoms with Gasteiger partial charge >= 0.3 is 0 Å². The van der Waals surface area contributed by atoms with Gasteiger partial charge in [-0.2, -0.15) is 0 Å². The summed E-state index contributed by atoms with van der Waals surface area (Å²) in [6.07, 6.45) is 0.943. The van der Waals surface area contributed by atoms with Crippen molar-refractivity contribution in [3.05, 3.63) is 60.2 Å². The van der Waals surface area contributed by atoms with Gasteiger partial charge in [-0.25, -0.2) is 0 Å². The van der Waals surface area contributed by atoms with Crippen LogP contribution in [0.15, 0.2) is 59.5 Å². The standard InChI is InChI=1S/C20H26N2O2S/c1-22(2)14-6-13-21-20(23)17-9-11-18(12-10-17)24-15-16-25-19-7-4-3-5-8-19/h3-5,7-12H,6,13-16H2,1-2H3,(H,21,23). The maximum atomic E-state index is 12.0. The third kappa shape index (κ3) is 7.63. The Balaban J connectivity index is 1.67. The van der Waals surface area contributed by atoms with Gasteiger partial charge in [0, 0.05) is 22.8 Å². The number of ether oxygens (including phenoxy) is 1. The van der Waals surface area contributed by atoms with E-state index >= 15 is 0 Å². The van der Waals surface area contributed by atoms with Crippen LogP contribution in [-0.4, -0.2) is 50.4 Å². The van der Waals surface area contributed by atoms with Crippen molar-refractivity contribution in [3.8, 4) is 5.75 Å². The van der Waals surface area contributed by atoms with Crippen LogP contribution in [0.2, 0.25) is 0 Å². The predicted octanol–water partition coefficient (Wildman–Crippen LogP) is 3.54. The van der Waals surface area contributed by atoms with E-state index in [1.807, 2.05) is 44.4 Å². The molecule has 5 heteroatoms. The minimum atomic E-state index is -0.0371. The highest BCUT2D eigenvalue weighted by atomic mass is 32.2. The lowest BCUT2D eigenvalue weighted by atomic mass is 10.2. The molecule has 0 spiro atoms. The maximum absolute atomic E-state index is 12.0. The first-order valence-corrected chi connectivity index (χ1v) is 9.47. The van der Waals surface area contributed by atoms with E-state index in [4.69, 9.17) is 4.74 Å². The molecule has 0 unspecified atom stereocenters. The van der Waals surface area contributed by atoms with Gasteiger partial charge in [0.1, 0.15) is 5.75 Å². The Morgan fingerprint density at radius 3 is 2.48 bits per heavy atom. The summed E-state index contributed by atoms with van der Waals surface area (Å²) in [6.45, 7) is 2.29. The average Bonchev–Trinajstić information content (AvgIpc) is 2.63. The van der Waals surface area contributed by atoms with E-state index in [2.05, 4.69) is 22.3 Å². The Morgan fingerprint density at radius 1 is 1.08 bits per heavy atom. The van der Waals surface area contributed by atoms with Crippen molar-refractivity contribution in [2.24, 2.45) is 0 Å². The number of thioether (sulfide) groups is 1. The van der Waals surface area contributed by atoms with Crippen molar-refractivity contribution in [2.45, 2.75) is 11.3 Å². The lowest BCUT2D eigenvalue weighted by molar-refractivity contribution is 0.0952. The summed E-state index contributed by atoms with van der Waals surface area (Å²) >= 11 is 1.77. The van der Waals surface area contributed by atoms with Gasteiger partial charge in [-0.1, -0.05) is 18.2 Å². The van der Waals surface area contributed by atoms with E-state index in [1.165, 1.54) is 4.90 Å². The van der Waals surface area contributed by atoms with Crippen molar-refractivity contribution in [1.82, 2.24) is 10.2 Å². The number of hydrogen-bond acceptors (Lipinski definition) is 4. The van der Waals surface area contributed by atoms with Gasteiger partial charge < -0.3 is 15.0 Å². The van der Waals surface area contributed by atoms with E-state index in [0.29, 0.717) is 18.7 Å². The molecule has 2 aromatic carbocycles. The highest BCUT2D eigenvalue weighted by Crippen LogP contribution is 2.18. The number of carbonyl (C=O) groups is 1. The third-order valence-electron chi connectivity index (χ3n) is 3.55. The molecule has 0 aliphatic rings. The zero-order chi connectivity index (χ0) is 17.9. The molecule has 0 aliphatic carbocycles. The number of nitrogens with one attached hydrogen (secondary N) is 1.